The molecule has 0 saturated carbocycles. The van der Waals surface area contributed by atoms with Crippen LogP contribution >= 0.6 is 0 Å². The molecule has 1 aliphatic heterocycles. The highest BCUT2D eigenvalue weighted by molar-refractivity contribution is 5.79. The van der Waals surface area contributed by atoms with Gasteiger partial charge in [0.1, 0.15) is 0 Å². The highest BCUT2D eigenvalue weighted by Gasteiger charge is 2.19. The van der Waals surface area contributed by atoms with Crippen molar-refractivity contribution in [2.24, 2.45) is 0 Å². The number of carbonyl (C=O) groups is 1. The lowest BCUT2D eigenvalue weighted by atomic mass is 10.00. The topological polar surface area (TPSA) is 38.8 Å². The van der Waals surface area contributed by atoms with E-state index in [2.05, 4.69) is 18.2 Å². The fourth-order valence-corrected chi connectivity index (χ4v) is 3.14. The maximum atomic E-state index is 12.5. The maximum absolute atomic E-state index is 12.5. The summed E-state index contributed by atoms with van der Waals surface area (Å²) < 4.78 is 11.1. The van der Waals surface area contributed by atoms with Gasteiger partial charge in [-0.1, -0.05) is 54.6 Å². The average molecular weight is 363 g/mol. The van der Waals surface area contributed by atoms with Gasteiger partial charge in [0.15, 0.2) is 18.1 Å². The smallest absolute Gasteiger partial charge is 0.260 e. The first-order valence-electron chi connectivity index (χ1n) is 9.17. The van der Waals surface area contributed by atoms with Gasteiger partial charge in [0, 0.05) is 13.1 Å². The summed E-state index contributed by atoms with van der Waals surface area (Å²) in [5.41, 5.74) is 3.55. The third-order valence-corrected chi connectivity index (χ3v) is 4.60. The molecule has 0 atom stereocenters. The molecule has 0 aliphatic carbocycles. The zero-order valence-electron chi connectivity index (χ0n) is 15.9. The molecule has 3 rings (SSSR count). The van der Waals surface area contributed by atoms with Gasteiger partial charge in [-0.05, 0) is 42.2 Å². The van der Waals surface area contributed by atoms with E-state index in [9.17, 15) is 4.79 Å². The predicted molar refractivity (Wildman–Crippen MR) is 109 cm³/mol. The van der Waals surface area contributed by atoms with Gasteiger partial charge in [0.2, 0.25) is 0 Å². The molecule has 4 heteroatoms. The summed E-state index contributed by atoms with van der Waals surface area (Å²) in [6.45, 7) is 3.30. The Morgan fingerprint density at radius 3 is 2.63 bits per heavy atom. The minimum absolute atomic E-state index is 0.00777. The summed E-state index contributed by atoms with van der Waals surface area (Å²) in [5.74, 6) is 1.19. The number of carbonyl (C=O) groups excluding carboxylic acids is 1. The molecule has 0 N–H and O–H groups in total. The minimum atomic E-state index is -0.0158. The molecule has 0 aromatic heterocycles. The summed E-state index contributed by atoms with van der Waals surface area (Å²) in [7, 11) is 1.60. The van der Waals surface area contributed by atoms with Crippen LogP contribution in [0.5, 0.6) is 11.5 Å². The minimum Gasteiger partial charge on any atom is -0.493 e. The van der Waals surface area contributed by atoms with Crippen molar-refractivity contribution in [3.05, 3.63) is 71.8 Å². The fourth-order valence-electron chi connectivity index (χ4n) is 3.14. The molecular formula is C23H25NO3. The zero-order valence-corrected chi connectivity index (χ0v) is 15.9. The van der Waals surface area contributed by atoms with Crippen LogP contribution in [0, 0.1) is 0 Å². The first-order valence-corrected chi connectivity index (χ1v) is 9.17. The quantitative estimate of drug-likeness (QED) is 0.762. The van der Waals surface area contributed by atoms with Crippen LogP contribution in [0.15, 0.2) is 60.7 Å². The number of benzene rings is 2. The lowest BCUT2D eigenvalue weighted by Crippen LogP contribution is -2.37. The van der Waals surface area contributed by atoms with E-state index in [-0.39, 0.29) is 12.5 Å². The van der Waals surface area contributed by atoms with Gasteiger partial charge in [-0.2, -0.15) is 0 Å². The molecule has 27 heavy (non-hydrogen) atoms. The van der Waals surface area contributed by atoms with Crippen molar-refractivity contribution in [3.8, 4) is 11.5 Å². The summed E-state index contributed by atoms with van der Waals surface area (Å²) >= 11 is 0. The highest BCUT2D eigenvalue weighted by Crippen LogP contribution is 2.29. The molecule has 0 bridgehead atoms. The Bertz CT molecular complexity index is 840. The van der Waals surface area contributed by atoms with Gasteiger partial charge in [0.25, 0.3) is 5.91 Å². The van der Waals surface area contributed by atoms with Crippen LogP contribution in [-0.2, 0) is 4.79 Å². The zero-order chi connectivity index (χ0) is 19.1. The third kappa shape index (κ3) is 4.79. The first-order chi connectivity index (χ1) is 13.2. The van der Waals surface area contributed by atoms with E-state index in [0.717, 1.165) is 12.0 Å². The molecule has 1 heterocycles. The monoisotopic (exact) mass is 363 g/mol. The summed E-state index contributed by atoms with van der Waals surface area (Å²) in [5, 5.41) is 0. The molecule has 2 aromatic rings. The van der Waals surface area contributed by atoms with E-state index in [4.69, 9.17) is 9.47 Å². The van der Waals surface area contributed by atoms with E-state index in [1.165, 1.54) is 11.1 Å². The SMILES string of the molecule is C/C=C/c1ccc(OCC(=O)N2CC=C(c3ccccc3)CC2)c(OC)c1. The Balaban J connectivity index is 1.58. The second-order valence-electron chi connectivity index (χ2n) is 6.38. The number of nitrogens with zero attached hydrogens (tertiary/aromatic N) is 1. The summed E-state index contributed by atoms with van der Waals surface area (Å²) in [6, 6.07) is 16.0. The molecule has 2 aromatic carbocycles. The van der Waals surface area contributed by atoms with Crippen molar-refractivity contribution in [1.82, 2.24) is 4.90 Å². The van der Waals surface area contributed by atoms with Gasteiger partial charge >= 0.3 is 0 Å². The highest BCUT2D eigenvalue weighted by atomic mass is 16.5. The summed E-state index contributed by atoms with van der Waals surface area (Å²) in [6.07, 6.45) is 6.94. The summed E-state index contributed by atoms with van der Waals surface area (Å²) in [4.78, 5) is 14.3. The number of hydrogen-bond donors (Lipinski definition) is 0. The molecule has 4 nitrogen and oxygen atoms in total. The lowest BCUT2D eigenvalue weighted by molar-refractivity contribution is -0.132. The lowest BCUT2D eigenvalue weighted by Gasteiger charge is -2.26. The number of amides is 1. The van der Waals surface area contributed by atoms with Crippen molar-refractivity contribution in [3.63, 3.8) is 0 Å². The average Bonchev–Trinajstić information content (AvgIpc) is 2.73. The normalized spacial score (nSPS) is 14.1. The van der Waals surface area contributed by atoms with E-state index in [1.54, 1.807) is 7.11 Å². The molecule has 0 radical (unpaired) electrons. The Morgan fingerprint density at radius 1 is 1.15 bits per heavy atom. The molecule has 0 fully saturated rings. The number of allylic oxidation sites excluding steroid dienone is 1. The van der Waals surface area contributed by atoms with Gasteiger partial charge in [-0.15, -0.1) is 0 Å². The van der Waals surface area contributed by atoms with Crippen LogP contribution < -0.4 is 9.47 Å². The Hall–Kier alpha value is -3.01. The maximum Gasteiger partial charge on any atom is 0.260 e. The van der Waals surface area contributed by atoms with Crippen molar-refractivity contribution >= 4 is 17.6 Å². The van der Waals surface area contributed by atoms with Crippen LogP contribution in [0.2, 0.25) is 0 Å². The molecule has 1 amide bonds. The van der Waals surface area contributed by atoms with Gasteiger partial charge in [-0.3, -0.25) is 4.79 Å². The molecule has 0 unspecified atom stereocenters. The van der Waals surface area contributed by atoms with Crippen LogP contribution in [0.25, 0.3) is 11.6 Å². The van der Waals surface area contributed by atoms with Gasteiger partial charge in [-0.25, -0.2) is 0 Å². The van der Waals surface area contributed by atoms with E-state index < -0.39 is 0 Å². The molecule has 0 saturated heterocycles. The Morgan fingerprint density at radius 2 is 1.96 bits per heavy atom. The van der Waals surface area contributed by atoms with E-state index in [0.29, 0.717) is 24.6 Å². The Labute approximate surface area is 160 Å². The van der Waals surface area contributed by atoms with Gasteiger partial charge in [0.05, 0.1) is 7.11 Å². The number of hydrogen-bond acceptors (Lipinski definition) is 3. The van der Waals surface area contributed by atoms with E-state index >= 15 is 0 Å². The van der Waals surface area contributed by atoms with Crippen LogP contribution in [0.4, 0.5) is 0 Å². The molecule has 0 spiro atoms. The molecule has 1 aliphatic rings. The van der Waals surface area contributed by atoms with Gasteiger partial charge < -0.3 is 14.4 Å². The van der Waals surface area contributed by atoms with Crippen molar-refractivity contribution in [2.45, 2.75) is 13.3 Å². The number of ether oxygens (including phenoxy) is 2. The largest absolute Gasteiger partial charge is 0.493 e. The van der Waals surface area contributed by atoms with Crippen molar-refractivity contribution in [1.29, 1.82) is 0 Å². The third-order valence-electron chi connectivity index (χ3n) is 4.60. The molecular weight excluding hydrogens is 338 g/mol. The van der Waals surface area contributed by atoms with Crippen LogP contribution in [0.1, 0.15) is 24.5 Å². The predicted octanol–water partition coefficient (Wildman–Crippen LogP) is 4.42. The van der Waals surface area contributed by atoms with Crippen LogP contribution in [0.3, 0.4) is 0 Å². The first kappa shape index (κ1) is 18.8. The van der Waals surface area contributed by atoms with Crippen molar-refractivity contribution in [2.75, 3.05) is 26.8 Å². The van der Waals surface area contributed by atoms with Crippen molar-refractivity contribution < 1.29 is 14.3 Å². The standard InChI is InChI=1S/C23H25NO3/c1-3-7-18-10-11-21(22(16-18)26-2)27-17-23(25)24-14-12-20(13-15-24)19-8-5-4-6-9-19/h3-12,16H,13-15,17H2,1-2H3/b7-3+. The van der Waals surface area contributed by atoms with Crippen LogP contribution in [-0.4, -0.2) is 37.6 Å². The second kappa shape index (κ2) is 9.08. The molecule has 140 valence electrons. The second-order valence-corrected chi connectivity index (χ2v) is 6.38. The Kier molecular flexibility index (Phi) is 6.31. The number of methoxy groups -OCH3 is 1. The van der Waals surface area contributed by atoms with E-state index in [1.807, 2.05) is 60.4 Å². The number of rotatable bonds is 6. The fraction of sp³-hybridized carbons (Fsp3) is 0.261.